The van der Waals surface area contributed by atoms with Gasteiger partial charge in [-0.25, -0.2) is 0 Å². The molecule has 0 aliphatic carbocycles. The van der Waals surface area contributed by atoms with Gasteiger partial charge in [-0.15, -0.1) is 11.8 Å². The number of thioether (sulfide) groups is 1. The van der Waals surface area contributed by atoms with E-state index in [2.05, 4.69) is 44.3 Å². The van der Waals surface area contributed by atoms with Gasteiger partial charge in [0.2, 0.25) is 11.8 Å². The SMILES string of the molecule is CCCCNC(=O)[C@@H](C)N(Cc1ccc(OC)cc1)C(=O)CSCc1cc(C)cc(C)c1. The second kappa shape index (κ2) is 13.2. The lowest BCUT2D eigenvalue weighted by Crippen LogP contribution is -2.48. The van der Waals surface area contributed by atoms with Crippen molar-refractivity contribution in [2.75, 3.05) is 19.4 Å². The lowest BCUT2D eigenvalue weighted by atomic mass is 10.1. The van der Waals surface area contributed by atoms with Gasteiger partial charge in [-0.3, -0.25) is 9.59 Å². The van der Waals surface area contributed by atoms with E-state index in [-0.39, 0.29) is 11.8 Å². The molecule has 0 saturated carbocycles. The molecule has 0 fully saturated rings. The van der Waals surface area contributed by atoms with Gasteiger partial charge in [0.15, 0.2) is 0 Å². The molecule has 0 unspecified atom stereocenters. The normalized spacial score (nSPS) is 11.7. The molecule has 0 aromatic heterocycles. The fourth-order valence-corrected chi connectivity index (χ4v) is 4.38. The Morgan fingerprint density at radius 2 is 1.72 bits per heavy atom. The number of carbonyl (C=O) groups excluding carboxylic acids is 2. The molecule has 2 amide bonds. The molecule has 0 saturated heterocycles. The minimum absolute atomic E-state index is 0.0339. The molecule has 32 heavy (non-hydrogen) atoms. The van der Waals surface area contributed by atoms with Crippen molar-refractivity contribution >= 4 is 23.6 Å². The number of hydrogen-bond acceptors (Lipinski definition) is 4. The summed E-state index contributed by atoms with van der Waals surface area (Å²) in [6.45, 7) is 9.07. The number of aryl methyl sites for hydroxylation is 2. The molecule has 2 aromatic carbocycles. The van der Waals surface area contributed by atoms with Crippen molar-refractivity contribution in [2.24, 2.45) is 0 Å². The molecule has 0 aliphatic rings. The zero-order chi connectivity index (χ0) is 23.5. The van der Waals surface area contributed by atoms with Crippen LogP contribution in [0.15, 0.2) is 42.5 Å². The number of ether oxygens (including phenoxy) is 1. The summed E-state index contributed by atoms with van der Waals surface area (Å²) in [7, 11) is 1.63. The van der Waals surface area contributed by atoms with Gasteiger partial charge in [0.25, 0.3) is 0 Å². The standard InChI is InChI=1S/C26H36N2O3S/c1-6-7-12-27-26(30)21(4)28(16-22-8-10-24(31-5)11-9-22)25(29)18-32-17-23-14-19(2)13-20(3)15-23/h8-11,13-15,21H,6-7,12,16-18H2,1-5H3,(H,27,30)/t21-/m1/s1. The van der Waals surface area contributed by atoms with E-state index < -0.39 is 6.04 Å². The van der Waals surface area contributed by atoms with E-state index in [1.54, 1.807) is 30.7 Å². The molecule has 0 radical (unpaired) electrons. The number of amides is 2. The summed E-state index contributed by atoms with van der Waals surface area (Å²) in [4.78, 5) is 27.5. The van der Waals surface area contributed by atoms with Crippen molar-refractivity contribution < 1.29 is 14.3 Å². The summed E-state index contributed by atoms with van der Waals surface area (Å²) in [5.74, 6) is 1.71. The lowest BCUT2D eigenvalue weighted by molar-refractivity contribution is -0.138. The summed E-state index contributed by atoms with van der Waals surface area (Å²) in [5.41, 5.74) is 4.63. The topological polar surface area (TPSA) is 58.6 Å². The van der Waals surface area contributed by atoms with E-state index in [1.807, 2.05) is 24.3 Å². The highest BCUT2D eigenvalue weighted by atomic mass is 32.2. The monoisotopic (exact) mass is 456 g/mol. The second-order valence-electron chi connectivity index (χ2n) is 8.18. The predicted molar refractivity (Wildman–Crippen MR) is 133 cm³/mol. The fraction of sp³-hybridized carbons (Fsp3) is 0.462. The Bertz CT molecular complexity index is 863. The van der Waals surface area contributed by atoms with E-state index in [1.165, 1.54) is 16.7 Å². The minimum atomic E-state index is -0.539. The average Bonchev–Trinajstić information content (AvgIpc) is 2.76. The van der Waals surface area contributed by atoms with Crippen LogP contribution in [0, 0.1) is 13.8 Å². The van der Waals surface area contributed by atoms with Crippen LogP contribution in [-0.4, -0.2) is 42.2 Å². The number of unbranched alkanes of at least 4 members (excludes halogenated alkanes) is 1. The molecular formula is C26H36N2O3S. The molecule has 0 heterocycles. The predicted octanol–water partition coefficient (Wildman–Crippen LogP) is 4.88. The van der Waals surface area contributed by atoms with E-state index >= 15 is 0 Å². The number of benzene rings is 2. The smallest absolute Gasteiger partial charge is 0.242 e. The molecule has 1 atom stereocenters. The number of nitrogens with zero attached hydrogens (tertiary/aromatic N) is 1. The molecule has 0 spiro atoms. The van der Waals surface area contributed by atoms with Gasteiger partial charge in [-0.05, 0) is 50.5 Å². The van der Waals surface area contributed by atoms with Gasteiger partial charge in [0.05, 0.1) is 12.9 Å². The van der Waals surface area contributed by atoms with Crippen LogP contribution in [-0.2, 0) is 21.9 Å². The summed E-state index contributed by atoms with van der Waals surface area (Å²) in [6, 6.07) is 13.5. The Kier molecular flexibility index (Phi) is 10.6. The number of rotatable bonds is 12. The van der Waals surface area contributed by atoms with Crippen LogP contribution in [0.4, 0.5) is 0 Å². The van der Waals surface area contributed by atoms with Crippen LogP contribution in [0.25, 0.3) is 0 Å². The molecule has 6 heteroatoms. The Labute approximate surface area is 196 Å². The first-order valence-electron chi connectivity index (χ1n) is 11.2. The van der Waals surface area contributed by atoms with E-state index in [4.69, 9.17) is 4.74 Å². The summed E-state index contributed by atoms with van der Waals surface area (Å²) in [6.07, 6.45) is 1.94. The van der Waals surface area contributed by atoms with Crippen LogP contribution in [0.1, 0.15) is 48.9 Å². The van der Waals surface area contributed by atoms with Crippen LogP contribution >= 0.6 is 11.8 Å². The molecule has 1 N–H and O–H groups in total. The quantitative estimate of drug-likeness (QED) is 0.463. The van der Waals surface area contributed by atoms with Crippen molar-refractivity contribution in [3.8, 4) is 5.75 Å². The van der Waals surface area contributed by atoms with Gasteiger partial charge in [0.1, 0.15) is 11.8 Å². The van der Waals surface area contributed by atoms with Crippen molar-refractivity contribution in [3.63, 3.8) is 0 Å². The zero-order valence-electron chi connectivity index (χ0n) is 19.9. The highest BCUT2D eigenvalue weighted by Gasteiger charge is 2.25. The van der Waals surface area contributed by atoms with E-state index in [9.17, 15) is 9.59 Å². The van der Waals surface area contributed by atoms with Gasteiger partial charge in [-0.2, -0.15) is 0 Å². The molecular weight excluding hydrogens is 420 g/mol. The number of hydrogen-bond donors (Lipinski definition) is 1. The Morgan fingerprint density at radius 1 is 1.06 bits per heavy atom. The average molecular weight is 457 g/mol. The van der Waals surface area contributed by atoms with Gasteiger partial charge < -0.3 is 15.0 Å². The molecule has 174 valence electrons. The fourth-order valence-electron chi connectivity index (χ4n) is 3.54. The maximum Gasteiger partial charge on any atom is 0.242 e. The first kappa shape index (κ1) is 25.8. The van der Waals surface area contributed by atoms with Crippen molar-refractivity contribution in [1.29, 1.82) is 0 Å². The first-order chi connectivity index (χ1) is 15.3. The van der Waals surface area contributed by atoms with Crippen LogP contribution in [0.3, 0.4) is 0 Å². The largest absolute Gasteiger partial charge is 0.497 e. The molecule has 0 aliphatic heterocycles. The minimum Gasteiger partial charge on any atom is -0.497 e. The third-order valence-electron chi connectivity index (χ3n) is 5.28. The lowest BCUT2D eigenvalue weighted by Gasteiger charge is -2.29. The van der Waals surface area contributed by atoms with Crippen molar-refractivity contribution in [2.45, 2.75) is 58.9 Å². The Hall–Kier alpha value is -2.47. The highest BCUT2D eigenvalue weighted by molar-refractivity contribution is 7.99. The number of methoxy groups -OCH3 is 1. The first-order valence-corrected chi connectivity index (χ1v) is 12.3. The van der Waals surface area contributed by atoms with Gasteiger partial charge >= 0.3 is 0 Å². The molecule has 0 bridgehead atoms. The molecule has 2 aromatic rings. The van der Waals surface area contributed by atoms with Gasteiger partial charge in [0, 0.05) is 18.8 Å². The summed E-state index contributed by atoms with van der Waals surface area (Å²) >= 11 is 1.58. The van der Waals surface area contributed by atoms with Crippen LogP contribution in [0.2, 0.25) is 0 Å². The maximum absolute atomic E-state index is 13.2. The summed E-state index contributed by atoms with van der Waals surface area (Å²) in [5, 5.41) is 2.96. The molecule has 5 nitrogen and oxygen atoms in total. The highest BCUT2D eigenvalue weighted by Crippen LogP contribution is 2.19. The number of nitrogens with one attached hydrogen (secondary N) is 1. The second-order valence-corrected chi connectivity index (χ2v) is 9.16. The Morgan fingerprint density at radius 3 is 2.31 bits per heavy atom. The van der Waals surface area contributed by atoms with Crippen LogP contribution < -0.4 is 10.1 Å². The zero-order valence-corrected chi connectivity index (χ0v) is 20.8. The van der Waals surface area contributed by atoms with Crippen molar-refractivity contribution in [3.05, 3.63) is 64.7 Å². The van der Waals surface area contributed by atoms with Gasteiger partial charge in [-0.1, -0.05) is 54.8 Å². The van der Waals surface area contributed by atoms with E-state index in [0.717, 1.165) is 29.9 Å². The van der Waals surface area contributed by atoms with E-state index in [0.29, 0.717) is 18.8 Å². The third kappa shape index (κ3) is 8.23. The number of carbonyl (C=O) groups is 2. The Balaban J connectivity index is 2.06. The molecule has 2 rings (SSSR count). The summed E-state index contributed by atoms with van der Waals surface area (Å²) < 4.78 is 5.23. The third-order valence-corrected chi connectivity index (χ3v) is 6.27. The van der Waals surface area contributed by atoms with Crippen LogP contribution in [0.5, 0.6) is 5.75 Å². The maximum atomic E-state index is 13.2. The van der Waals surface area contributed by atoms with Crippen molar-refractivity contribution in [1.82, 2.24) is 10.2 Å².